The number of rotatable bonds is 6. The number of nitriles is 1. The largest absolute Gasteiger partial charge is 0.486 e. The van der Waals surface area contributed by atoms with Crippen molar-refractivity contribution in [2.24, 2.45) is 0 Å². The van der Waals surface area contributed by atoms with E-state index in [0.29, 0.717) is 32.5 Å². The second kappa shape index (κ2) is 8.43. The van der Waals surface area contributed by atoms with E-state index >= 15 is 0 Å². The molecule has 1 aromatic heterocycles. The van der Waals surface area contributed by atoms with Crippen molar-refractivity contribution in [2.75, 3.05) is 0 Å². The molecule has 3 aromatic rings. The third-order valence-electron chi connectivity index (χ3n) is 3.70. The van der Waals surface area contributed by atoms with Gasteiger partial charge in [0.05, 0.1) is 17.3 Å². The first kappa shape index (κ1) is 18.5. The van der Waals surface area contributed by atoms with E-state index in [0.717, 1.165) is 0 Å². The fraction of sp³-hybridized carbons (Fsp3) is 0.150. The van der Waals surface area contributed by atoms with Crippen LogP contribution in [-0.2, 0) is 18.0 Å². The normalized spacial score (nSPS) is 10.3. The van der Waals surface area contributed by atoms with Gasteiger partial charge in [-0.05, 0) is 37.3 Å². The highest BCUT2D eigenvalue weighted by Crippen LogP contribution is 2.22. The van der Waals surface area contributed by atoms with Gasteiger partial charge in [0.1, 0.15) is 34.7 Å². The maximum atomic E-state index is 12.9. The molecule has 7 heteroatoms. The highest BCUT2D eigenvalue weighted by Gasteiger charge is 2.17. The minimum absolute atomic E-state index is 0.0152. The van der Waals surface area contributed by atoms with E-state index in [9.17, 15) is 9.18 Å². The van der Waals surface area contributed by atoms with Crippen LogP contribution in [0, 0.1) is 24.1 Å². The highest BCUT2D eigenvalue weighted by atomic mass is 32.1. The number of carbonyl (C=O) groups excluding carboxylic acids is 1. The number of aryl methyl sites for hydroxylation is 1. The SMILES string of the molecule is Cc1nc(COc2ccc(F)cc2)sc1C(=O)OCc1ccccc1C#N. The zero-order valence-electron chi connectivity index (χ0n) is 14.4. The zero-order chi connectivity index (χ0) is 19.2. The Morgan fingerprint density at radius 1 is 1.19 bits per heavy atom. The number of hydrogen-bond donors (Lipinski definition) is 0. The highest BCUT2D eigenvalue weighted by molar-refractivity contribution is 7.13. The van der Waals surface area contributed by atoms with E-state index in [1.807, 2.05) is 0 Å². The molecule has 2 aromatic carbocycles. The molecule has 0 bridgehead atoms. The molecule has 0 aliphatic carbocycles. The van der Waals surface area contributed by atoms with E-state index in [1.165, 1.54) is 35.6 Å². The first-order valence-electron chi connectivity index (χ1n) is 8.06. The van der Waals surface area contributed by atoms with E-state index in [-0.39, 0.29) is 19.0 Å². The van der Waals surface area contributed by atoms with Crippen LogP contribution in [0.15, 0.2) is 48.5 Å². The Kier molecular flexibility index (Phi) is 5.79. The number of halogens is 1. The predicted octanol–water partition coefficient (Wildman–Crippen LogP) is 4.40. The molecule has 1 heterocycles. The predicted molar refractivity (Wildman–Crippen MR) is 97.9 cm³/mol. The lowest BCUT2D eigenvalue weighted by Crippen LogP contribution is -2.05. The van der Waals surface area contributed by atoms with Crippen LogP contribution in [-0.4, -0.2) is 11.0 Å². The smallest absolute Gasteiger partial charge is 0.350 e. The van der Waals surface area contributed by atoms with E-state index < -0.39 is 5.97 Å². The summed E-state index contributed by atoms with van der Waals surface area (Å²) in [6.07, 6.45) is 0. The Balaban J connectivity index is 1.62. The molecule has 0 fully saturated rings. The fourth-order valence-electron chi connectivity index (χ4n) is 2.34. The molecule has 136 valence electrons. The molecule has 0 saturated carbocycles. The van der Waals surface area contributed by atoms with E-state index in [1.54, 1.807) is 31.2 Å². The van der Waals surface area contributed by atoms with Crippen LogP contribution >= 0.6 is 11.3 Å². The van der Waals surface area contributed by atoms with Crippen LogP contribution in [0.3, 0.4) is 0 Å². The number of benzene rings is 2. The number of carbonyl (C=O) groups is 1. The van der Waals surface area contributed by atoms with Crippen LogP contribution in [0.5, 0.6) is 5.75 Å². The quantitative estimate of drug-likeness (QED) is 0.591. The summed E-state index contributed by atoms with van der Waals surface area (Å²) in [5.41, 5.74) is 1.67. The monoisotopic (exact) mass is 382 g/mol. The maximum Gasteiger partial charge on any atom is 0.350 e. The number of nitrogens with zero attached hydrogens (tertiary/aromatic N) is 2. The Labute approximate surface area is 159 Å². The van der Waals surface area contributed by atoms with Gasteiger partial charge in [-0.25, -0.2) is 14.2 Å². The average molecular weight is 382 g/mol. The third kappa shape index (κ3) is 4.68. The van der Waals surface area contributed by atoms with Crippen molar-refractivity contribution in [1.29, 1.82) is 5.26 Å². The fourth-order valence-corrected chi connectivity index (χ4v) is 3.22. The van der Waals surface area contributed by atoms with Crippen LogP contribution in [0.2, 0.25) is 0 Å². The van der Waals surface area contributed by atoms with Gasteiger partial charge in [-0.15, -0.1) is 11.3 Å². The summed E-state index contributed by atoms with van der Waals surface area (Å²) in [5, 5.41) is 9.70. The van der Waals surface area contributed by atoms with Gasteiger partial charge in [-0.3, -0.25) is 0 Å². The van der Waals surface area contributed by atoms with Crippen LogP contribution in [0.4, 0.5) is 4.39 Å². The summed E-state index contributed by atoms with van der Waals surface area (Å²) in [5.74, 6) is -0.317. The Morgan fingerprint density at radius 2 is 1.93 bits per heavy atom. The molecule has 0 atom stereocenters. The topological polar surface area (TPSA) is 72.2 Å². The lowest BCUT2D eigenvalue weighted by Gasteiger charge is -2.05. The van der Waals surface area contributed by atoms with Crippen LogP contribution in [0.1, 0.15) is 31.5 Å². The number of aromatic nitrogens is 1. The molecule has 0 spiro atoms. The van der Waals surface area contributed by atoms with Crippen molar-refractivity contribution in [3.8, 4) is 11.8 Å². The van der Waals surface area contributed by atoms with Crippen molar-refractivity contribution in [3.63, 3.8) is 0 Å². The average Bonchev–Trinajstić information content (AvgIpc) is 3.06. The summed E-state index contributed by atoms with van der Waals surface area (Å²) < 4.78 is 23.8. The third-order valence-corrected chi connectivity index (χ3v) is 4.81. The lowest BCUT2D eigenvalue weighted by atomic mass is 10.1. The van der Waals surface area contributed by atoms with Gasteiger partial charge in [0.2, 0.25) is 0 Å². The first-order chi connectivity index (χ1) is 13.1. The van der Waals surface area contributed by atoms with E-state index in [2.05, 4.69) is 11.1 Å². The summed E-state index contributed by atoms with van der Waals surface area (Å²) in [6, 6.07) is 14.7. The van der Waals surface area contributed by atoms with Crippen molar-refractivity contribution < 1.29 is 18.7 Å². The molecule has 5 nitrogen and oxygen atoms in total. The Morgan fingerprint density at radius 3 is 2.67 bits per heavy atom. The molecule has 0 aliphatic rings. The molecule has 0 saturated heterocycles. The van der Waals surface area contributed by atoms with Gasteiger partial charge >= 0.3 is 5.97 Å². The van der Waals surface area contributed by atoms with E-state index in [4.69, 9.17) is 14.7 Å². The van der Waals surface area contributed by atoms with Gasteiger partial charge in [0, 0.05) is 5.56 Å². The van der Waals surface area contributed by atoms with Gasteiger partial charge in [-0.2, -0.15) is 5.26 Å². The summed E-state index contributed by atoms with van der Waals surface area (Å²) >= 11 is 1.19. The van der Waals surface area contributed by atoms with Crippen molar-refractivity contribution >= 4 is 17.3 Å². The second-order valence-corrected chi connectivity index (χ2v) is 6.69. The second-order valence-electron chi connectivity index (χ2n) is 5.61. The summed E-state index contributed by atoms with van der Waals surface area (Å²) in [4.78, 5) is 17.1. The molecule has 3 rings (SSSR count). The number of hydrogen-bond acceptors (Lipinski definition) is 6. The van der Waals surface area contributed by atoms with Gasteiger partial charge in [-0.1, -0.05) is 18.2 Å². The molecule has 27 heavy (non-hydrogen) atoms. The van der Waals surface area contributed by atoms with Gasteiger partial charge in [0.15, 0.2) is 0 Å². The lowest BCUT2D eigenvalue weighted by molar-refractivity contribution is 0.0477. The summed E-state index contributed by atoms with van der Waals surface area (Å²) in [6.45, 7) is 1.90. The first-order valence-corrected chi connectivity index (χ1v) is 8.88. The molecule has 0 N–H and O–H groups in total. The number of ether oxygens (including phenoxy) is 2. The number of esters is 1. The Bertz CT molecular complexity index is 993. The van der Waals surface area contributed by atoms with Crippen molar-refractivity contribution in [3.05, 3.63) is 81.1 Å². The molecule has 0 aliphatic heterocycles. The maximum absolute atomic E-state index is 12.9. The van der Waals surface area contributed by atoms with Gasteiger partial charge in [0.25, 0.3) is 0 Å². The standard InChI is InChI=1S/C20H15FN2O3S/c1-13-19(20(24)26-11-15-5-3-2-4-14(15)10-22)27-18(23-13)12-25-17-8-6-16(21)7-9-17/h2-9H,11-12H2,1H3. The molecule has 0 radical (unpaired) electrons. The molecule has 0 amide bonds. The minimum Gasteiger partial charge on any atom is -0.486 e. The van der Waals surface area contributed by atoms with Crippen molar-refractivity contribution in [2.45, 2.75) is 20.1 Å². The number of thiazole rings is 1. The summed E-state index contributed by atoms with van der Waals surface area (Å²) in [7, 11) is 0. The van der Waals surface area contributed by atoms with Crippen LogP contribution in [0.25, 0.3) is 0 Å². The van der Waals surface area contributed by atoms with Crippen LogP contribution < -0.4 is 4.74 Å². The molecular formula is C20H15FN2O3S. The van der Waals surface area contributed by atoms with Crippen molar-refractivity contribution in [1.82, 2.24) is 4.98 Å². The van der Waals surface area contributed by atoms with Gasteiger partial charge < -0.3 is 9.47 Å². The molecule has 0 unspecified atom stereocenters. The Hall–Kier alpha value is -3.24. The molecular weight excluding hydrogens is 367 g/mol. The minimum atomic E-state index is -0.495. The zero-order valence-corrected chi connectivity index (χ0v) is 15.3.